The summed E-state index contributed by atoms with van der Waals surface area (Å²) in [4.78, 5) is 24.5. The first-order valence-corrected chi connectivity index (χ1v) is 3.83. The SMILES string of the molecule is CN1CCN(CCC(=O)O)C1=O. The number of amides is 2. The zero-order valence-electron chi connectivity index (χ0n) is 6.99. The van der Waals surface area contributed by atoms with Gasteiger partial charge in [0.05, 0.1) is 6.42 Å². The second-order valence-electron chi connectivity index (χ2n) is 2.83. The molecule has 5 nitrogen and oxygen atoms in total. The number of carboxylic acids is 1. The number of carbonyl (C=O) groups is 2. The van der Waals surface area contributed by atoms with E-state index in [-0.39, 0.29) is 12.5 Å². The van der Waals surface area contributed by atoms with Crippen molar-refractivity contribution in [2.45, 2.75) is 6.42 Å². The van der Waals surface area contributed by atoms with Crippen LogP contribution in [0.25, 0.3) is 0 Å². The third-order valence-corrected chi connectivity index (χ3v) is 1.90. The van der Waals surface area contributed by atoms with Crippen molar-refractivity contribution in [1.29, 1.82) is 0 Å². The van der Waals surface area contributed by atoms with Gasteiger partial charge in [-0.2, -0.15) is 0 Å². The van der Waals surface area contributed by atoms with E-state index in [0.29, 0.717) is 19.6 Å². The van der Waals surface area contributed by atoms with Crippen LogP contribution < -0.4 is 0 Å². The number of aliphatic carboxylic acids is 1. The van der Waals surface area contributed by atoms with Crippen LogP contribution in [0.4, 0.5) is 4.79 Å². The predicted octanol–water partition coefficient (Wildman–Crippen LogP) is -0.172. The molecule has 0 atom stereocenters. The fraction of sp³-hybridized carbons (Fsp3) is 0.714. The summed E-state index contributed by atoms with van der Waals surface area (Å²) < 4.78 is 0. The minimum atomic E-state index is -0.864. The quantitative estimate of drug-likeness (QED) is 0.642. The molecule has 1 heterocycles. The first-order chi connectivity index (χ1) is 5.61. The number of likely N-dealkylation sites (N-methyl/N-ethyl adjacent to an activating group) is 1. The molecular weight excluding hydrogens is 160 g/mol. The van der Waals surface area contributed by atoms with Crippen LogP contribution in [-0.4, -0.2) is 53.6 Å². The Hall–Kier alpha value is -1.26. The zero-order valence-corrected chi connectivity index (χ0v) is 6.99. The second kappa shape index (κ2) is 3.42. The highest BCUT2D eigenvalue weighted by molar-refractivity contribution is 5.77. The van der Waals surface area contributed by atoms with Crippen molar-refractivity contribution in [3.05, 3.63) is 0 Å². The van der Waals surface area contributed by atoms with Crippen molar-refractivity contribution in [2.75, 3.05) is 26.7 Å². The molecule has 0 spiro atoms. The van der Waals surface area contributed by atoms with E-state index in [0.717, 1.165) is 0 Å². The van der Waals surface area contributed by atoms with Crippen LogP contribution in [-0.2, 0) is 4.79 Å². The molecule has 0 aromatic carbocycles. The molecule has 1 saturated heterocycles. The van der Waals surface area contributed by atoms with E-state index in [9.17, 15) is 9.59 Å². The normalized spacial score (nSPS) is 17.2. The maximum atomic E-state index is 11.2. The van der Waals surface area contributed by atoms with E-state index in [1.807, 2.05) is 0 Å². The van der Waals surface area contributed by atoms with Gasteiger partial charge in [-0.15, -0.1) is 0 Å². The van der Waals surface area contributed by atoms with Crippen molar-refractivity contribution >= 4 is 12.0 Å². The van der Waals surface area contributed by atoms with Crippen LogP contribution in [0.2, 0.25) is 0 Å². The molecule has 0 bridgehead atoms. The molecule has 0 aromatic heterocycles. The van der Waals surface area contributed by atoms with Gasteiger partial charge in [0, 0.05) is 26.7 Å². The molecule has 1 fully saturated rings. The Bertz CT molecular complexity index is 205. The Labute approximate surface area is 70.6 Å². The van der Waals surface area contributed by atoms with Crippen LogP contribution in [0.1, 0.15) is 6.42 Å². The van der Waals surface area contributed by atoms with E-state index in [2.05, 4.69) is 0 Å². The van der Waals surface area contributed by atoms with E-state index >= 15 is 0 Å². The van der Waals surface area contributed by atoms with E-state index in [1.54, 1.807) is 16.8 Å². The van der Waals surface area contributed by atoms with Gasteiger partial charge in [0.15, 0.2) is 0 Å². The van der Waals surface area contributed by atoms with Gasteiger partial charge in [-0.05, 0) is 0 Å². The van der Waals surface area contributed by atoms with Gasteiger partial charge in [0.2, 0.25) is 0 Å². The molecule has 1 rings (SSSR count). The summed E-state index contributed by atoms with van der Waals surface area (Å²) in [6, 6.07) is -0.0729. The smallest absolute Gasteiger partial charge is 0.319 e. The van der Waals surface area contributed by atoms with Crippen molar-refractivity contribution in [3.63, 3.8) is 0 Å². The molecule has 5 heteroatoms. The average Bonchev–Trinajstić information content (AvgIpc) is 2.30. The molecule has 0 aromatic rings. The number of carboxylic acid groups (broad SMARTS) is 1. The van der Waals surface area contributed by atoms with Crippen molar-refractivity contribution < 1.29 is 14.7 Å². The maximum Gasteiger partial charge on any atom is 0.319 e. The summed E-state index contributed by atoms with van der Waals surface area (Å²) in [5.41, 5.74) is 0. The Morgan fingerprint density at radius 2 is 2.25 bits per heavy atom. The van der Waals surface area contributed by atoms with Gasteiger partial charge in [-0.3, -0.25) is 4.79 Å². The highest BCUT2D eigenvalue weighted by Gasteiger charge is 2.24. The van der Waals surface area contributed by atoms with Gasteiger partial charge in [-0.25, -0.2) is 4.79 Å². The van der Waals surface area contributed by atoms with Crippen molar-refractivity contribution in [3.8, 4) is 0 Å². The lowest BCUT2D eigenvalue weighted by Crippen LogP contribution is -2.31. The fourth-order valence-corrected chi connectivity index (χ4v) is 1.14. The molecule has 2 amide bonds. The molecule has 68 valence electrons. The standard InChI is InChI=1S/C7H12N2O3/c1-8-4-5-9(7(8)12)3-2-6(10)11/h2-5H2,1H3,(H,10,11). The lowest BCUT2D eigenvalue weighted by atomic mass is 10.4. The Morgan fingerprint density at radius 3 is 2.67 bits per heavy atom. The lowest BCUT2D eigenvalue weighted by Gasteiger charge is -2.13. The van der Waals surface area contributed by atoms with Crippen molar-refractivity contribution in [2.24, 2.45) is 0 Å². The van der Waals surface area contributed by atoms with E-state index in [4.69, 9.17) is 5.11 Å². The molecule has 1 aliphatic rings. The van der Waals surface area contributed by atoms with Gasteiger partial charge < -0.3 is 14.9 Å². The first-order valence-electron chi connectivity index (χ1n) is 3.83. The largest absolute Gasteiger partial charge is 0.481 e. The molecule has 0 aliphatic carbocycles. The Balaban J connectivity index is 2.34. The van der Waals surface area contributed by atoms with E-state index in [1.165, 1.54) is 0 Å². The highest BCUT2D eigenvalue weighted by Crippen LogP contribution is 2.05. The molecule has 0 unspecified atom stereocenters. The number of hydrogen-bond acceptors (Lipinski definition) is 2. The first kappa shape index (κ1) is 8.83. The van der Waals surface area contributed by atoms with Gasteiger partial charge in [0.1, 0.15) is 0 Å². The summed E-state index contributed by atoms with van der Waals surface area (Å²) in [7, 11) is 1.71. The fourth-order valence-electron chi connectivity index (χ4n) is 1.14. The minimum Gasteiger partial charge on any atom is -0.481 e. The van der Waals surface area contributed by atoms with Crippen molar-refractivity contribution in [1.82, 2.24) is 9.80 Å². The number of nitrogens with zero attached hydrogens (tertiary/aromatic N) is 2. The monoisotopic (exact) mass is 172 g/mol. The van der Waals surface area contributed by atoms with E-state index < -0.39 is 5.97 Å². The summed E-state index contributed by atoms with van der Waals surface area (Å²) >= 11 is 0. The third-order valence-electron chi connectivity index (χ3n) is 1.90. The summed E-state index contributed by atoms with van der Waals surface area (Å²) in [5.74, 6) is -0.864. The average molecular weight is 172 g/mol. The summed E-state index contributed by atoms with van der Waals surface area (Å²) in [5, 5.41) is 8.37. The number of rotatable bonds is 3. The zero-order chi connectivity index (χ0) is 9.14. The minimum absolute atomic E-state index is 0.0274. The van der Waals surface area contributed by atoms with Gasteiger partial charge in [-0.1, -0.05) is 0 Å². The molecule has 1 aliphatic heterocycles. The molecule has 0 saturated carbocycles. The molecule has 0 radical (unpaired) electrons. The third kappa shape index (κ3) is 1.87. The number of hydrogen-bond donors (Lipinski definition) is 1. The highest BCUT2D eigenvalue weighted by atomic mass is 16.4. The maximum absolute atomic E-state index is 11.2. The van der Waals surface area contributed by atoms with Crippen LogP contribution in [0.5, 0.6) is 0 Å². The number of urea groups is 1. The van der Waals surface area contributed by atoms with Crippen LogP contribution in [0.15, 0.2) is 0 Å². The number of carbonyl (C=O) groups excluding carboxylic acids is 1. The topological polar surface area (TPSA) is 60.9 Å². The summed E-state index contributed by atoms with van der Waals surface area (Å²) in [6.07, 6.45) is 0.0274. The molecular formula is C7H12N2O3. The predicted molar refractivity (Wildman–Crippen MR) is 41.9 cm³/mol. The molecule has 12 heavy (non-hydrogen) atoms. The lowest BCUT2D eigenvalue weighted by molar-refractivity contribution is -0.137. The Kier molecular flexibility index (Phi) is 2.52. The van der Waals surface area contributed by atoms with Crippen LogP contribution >= 0.6 is 0 Å². The van der Waals surface area contributed by atoms with Gasteiger partial charge in [0.25, 0.3) is 0 Å². The Morgan fingerprint density at radius 1 is 1.58 bits per heavy atom. The van der Waals surface area contributed by atoms with Crippen LogP contribution in [0, 0.1) is 0 Å². The van der Waals surface area contributed by atoms with Crippen LogP contribution in [0.3, 0.4) is 0 Å². The van der Waals surface area contributed by atoms with Gasteiger partial charge >= 0.3 is 12.0 Å². The summed E-state index contributed by atoms with van der Waals surface area (Å²) in [6.45, 7) is 1.65. The second-order valence-corrected chi connectivity index (χ2v) is 2.83. The molecule has 1 N–H and O–H groups in total.